The van der Waals surface area contributed by atoms with Crippen LogP contribution in [0.4, 0.5) is 16.2 Å². The monoisotopic (exact) mass is 433 g/mol. The molecule has 2 saturated heterocycles. The molecule has 2 fully saturated rings. The Morgan fingerprint density at radius 3 is 2.35 bits per heavy atom. The Bertz CT molecular complexity index is 779. The minimum Gasteiger partial charge on any atom is -0.444 e. The van der Waals surface area contributed by atoms with Crippen molar-refractivity contribution in [1.82, 2.24) is 14.7 Å². The third kappa shape index (κ3) is 6.30. The van der Waals surface area contributed by atoms with E-state index in [1.165, 1.54) is 0 Å². The lowest BCUT2D eigenvalue weighted by Gasteiger charge is -2.42. The molecule has 172 valence electrons. The molecule has 0 unspecified atom stereocenters. The quantitative estimate of drug-likeness (QED) is 0.563. The molecule has 1 N–H and O–H groups in total. The van der Waals surface area contributed by atoms with Crippen LogP contribution >= 0.6 is 0 Å². The lowest BCUT2D eigenvalue weighted by molar-refractivity contribution is -0.384. The van der Waals surface area contributed by atoms with Crippen molar-refractivity contribution in [2.45, 2.75) is 51.8 Å². The number of carbonyl (C=O) groups is 1. The molecule has 1 aromatic rings. The summed E-state index contributed by atoms with van der Waals surface area (Å²) in [5, 5.41) is 14.0. The number of benzene rings is 1. The largest absolute Gasteiger partial charge is 0.444 e. The van der Waals surface area contributed by atoms with Gasteiger partial charge in [0, 0.05) is 65.0 Å². The van der Waals surface area contributed by atoms with E-state index >= 15 is 0 Å². The molecule has 0 atom stereocenters. The number of likely N-dealkylation sites (tertiary alicyclic amines) is 1. The number of piperidine rings is 1. The van der Waals surface area contributed by atoms with Crippen molar-refractivity contribution in [3.05, 3.63) is 33.9 Å². The van der Waals surface area contributed by atoms with Crippen molar-refractivity contribution in [2.75, 3.05) is 51.6 Å². The van der Waals surface area contributed by atoms with E-state index in [-0.39, 0.29) is 16.7 Å². The molecule has 0 saturated carbocycles. The molecule has 31 heavy (non-hydrogen) atoms. The van der Waals surface area contributed by atoms with Crippen LogP contribution in [0.15, 0.2) is 18.2 Å². The normalized spacial score (nSPS) is 19.3. The van der Waals surface area contributed by atoms with Crippen LogP contribution < -0.4 is 5.32 Å². The minimum atomic E-state index is -0.456. The highest BCUT2D eigenvalue weighted by atomic mass is 16.6. The first-order chi connectivity index (χ1) is 14.7. The fraction of sp³-hybridized carbons (Fsp3) is 0.682. The lowest BCUT2D eigenvalue weighted by Crippen LogP contribution is -2.53. The second-order valence-electron chi connectivity index (χ2n) is 9.37. The van der Waals surface area contributed by atoms with E-state index in [1.54, 1.807) is 13.1 Å². The zero-order chi connectivity index (χ0) is 22.6. The SMILES string of the molecule is CNc1cc(CN2CCN(C3CCN(C(=O)OC(C)(C)C)CC3)CC2)ccc1[N+](=O)[O-]. The highest BCUT2D eigenvalue weighted by molar-refractivity contribution is 5.68. The minimum absolute atomic E-state index is 0.105. The summed E-state index contributed by atoms with van der Waals surface area (Å²) in [6.45, 7) is 11.9. The van der Waals surface area contributed by atoms with Gasteiger partial charge in [-0.1, -0.05) is 6.07 Å². The Hall–Kier alpha value is -2.39. The summed E-state index contributed by atoms with van der Waals surface area (Å²) in [6, 6.07) is 5.81. The smallest absolute Gasteiger partial charge is 0.410 e. The number of nitrogens with zero attached hydrogens (tertiary/aromatic N) is 4. The zero-order valence-corrected chi connectivity index (χ0v) is 19.1. The Morgan fingerprint density at radius 2 is 1.81 bits per heavy atom. The van der Waals surface area contributed by atoms with Gasteiger partial charge in [0.05, 0.1) is 4.92 Å². The number of nitrogens with one attached hydrogen (secondary N) is 1. The molecule has 0 spiro atoms. The van der Waals surface area contributed by atoms with Gasteiger partial charge < -0.3 is 15.0 Å². The summed E-state index contributed by atoms with van der Waals surface area (Å²) >= 11 is 0. The molecule has 9 nitrogen and oxygen atoms in total. The summed E-state index contributed by atoms with van der Waals surface area (Å²) in [6.07, 6.45) is 1.75. The number of piperazine rings is 1. The Balaban J connectivity index is 1.45. The Morgan fingerprint density at radius 1 is 1.16 bits per heavy atom. The van der Waals surface area contributed by atoms with Crippen LogP contribution in [0.2, 0.25) is 0 Å². The molecule has 1 amide bonds. The van der Waals surface area contributed by atoms with Gasteiger partial charge >= 0.3 is 6.09 Å². The lowest BCUT2D eigenvalue weighted by atomic mass is 10.0. The number of nitro benzene ring substituents is 1. The molecule has 1 aromatic carbocycles. The van der Waals surface area contributed by atoms with Gasteiger partial charge in [0.15, 0.2) is 0 Å². The maximum Gasteiger partial charge on any atom is 0.410 e. The van der Waals surface area contributed by atoms with Crippen LogP contribution in [0, 0.1) is 10.1 Å². The molecule has 2 heterocycles. The second kappa shape index (κ2) is 9.82. The molecular weight excluding hydrogens is 398 g/mol. The van der Waals surface area contributed by atoms with Gasteiger partial charge in [-0.25, -0.2) is 4.79 Å². The highest BCUT2D eigenvalue weighted by Gasteiger charge is 2.31. The molecule has 2 aliphatic rings. The molecule has 2 aliphatic heterocycles. The molecule has 0 radical (unpaired) electrons. The third-order valence-corrected chi connectivity index (χ3v) is 5.97. The van der Waals surface area contributed by atoms with Crippen LogP contribution in [0.25, 0.3) is 0 Å². The van der Waals surface area contributed by atoms with Gasteiger partial charge in [0.1, 0.15) is 11.3 Å². The van der Waals surface area contributed by atoms with Crippen LogP contribution in [0.1, 0.15) is 39.2 Å². The van der Waals surface area contributed by atoms with Crippen molar-refractivity contribution in [2.24, 2.45) is 0 Å². The number of ether oxygens (including phenoxy) is 1. The number of amides is 1. The summed E-state index contributed by atoms with van der Waals surface area (Å²) in [5.74, 6) is 0. The zero-order valence-electron chi connectivity index (χ0n) is 19.1. The number of anilines is 1. The molecular formula is C22H35N5O4. The highest BCUT2D eigenvalue weighted by Crippen LogP contribution is 2.26. The standard InChI is InChI=1S/C22H35N5O4/c1-22(2,3)31-21(28)26-9-7-18(8-10-26)25-13-11-24(12-14-25)16-17-5-6-20(27(29)30)19(15-17)23-4/h5-6,15,18,23H,7-14,16H2,1-4H3. The number of hydrogen-bond acceptors (Lipinski definition) is 7. The summed E-state index contributed by atoms with van der Waals surface area (Å²) in [5.41, 5.74) is 1.28. The Kier molecular flexibility index (Phi) is 7.38. The van der Waals surface area contributed by atoms with E-state index in [1.807, 2.05) is 37.8 Å². The van der Waals surface area contributed by atoms with Crippen molar-refractivity contribution in [1.29, 1.82) is 0 Å². The van der Waals surface area contributed by atoms with Crippen molar-refractivity contribution < 1.29 is 14.5 Å². The maximum absolute atomic E-state index is 12.3. The Labute approximate surface area is 184 Å². The molecule has 0 aromatic heterocycles. The predicted molar refractivity (Wildman–Crippen MR) is 120 cm³/mol. The van der Waals surface area contributed by atoms with Gasteiger partial charge in [-0.05, 0) is 45.2 Å². The van der Waals surface area contributed by atoms with E-state index in [0.717, 1.165) is 64.2 Å². The molecule has 9 heteroatoms. The first-order valence-electron chi connectivity index (χ1n) is 11.1. The average molecular weight is 434 g/mol. The fourth-order valence-corrected chi connectivity index (χ4v) is 4.33. The van der Waals surface area contributed by atoms with Crippen molar-refractivity contribution in [3.8, 4) is 0 Å². The molecule has 3 rings (SSSR count). The molecule has 0 aliphatic carbocycles. The van der Waals surface area contributed by atoms with Gasteiger partial charge in [0.2, 0.25) is 0 Å². The topological polar surface area (TPSA) is 91.2 Å². The van der Waals surface area contributed by atoms with Gasteiger partial charge in [-0.3, -0.25) is 19.9 Å². The van der Waals surface area contributed by atoms with E-state index in [0.29, 0.717) is 11.7 Å². The van der Waals surface area contributed by atoms with E-state index in [4.69, 9.17) is 4.74 Å². The number of carbonyl (C=O) groups excluding carboxylic acids is 1. The van der Waals surface area contributed by atoms with Gasteiger partial charge in [-0.15, -0.1) is 0 Å². The van der Waals surface area contributed by atoms with Crippen molar-refractivity contribution >= 4 is 17.5 Å². The van der Waals surface area contributed by atoms with Crippen LogP contribution in [0.3, 0.4) is 0 Å². The van der Waals surface area contributed by atoms with Crippen LogP contribution in [-0.4, -0.2) is 83.7 Å². The summed E-state index contributed by atoms with van der Waals surface area (Å²) in [7, 11) is 1.71. The van der Waals surface area contributed by atoms with E-state index in [2.05, 4.69) is 15.1 Å². The van der Waals surface area contributed by atoms with E-state index in [9.17, 15) is 14.9 Å². The number of hydrogen-bond donors (Lipinski definition) is 1. The van der Waals surface area contributed by atoms with Crippen molar-refractivity contribution in [3.63, 3.8) is 0 Å². The number of rotatable bonds is 5. The first-order valence-corrected chi connectivity index (χ1v) is 11.1. The van der Waals surface area contributed by atoms with Crippen LogP contribution in [0.5, 0.6) is 0 Å². The van der Waals surface area contributed by atoms with Gasteiger partial charge in [0.25, 0.3) is 5.69 Å². The third-order valence-electron chi connectivity index (χ3n) is 5.97. The summed E-state index contributed by atoms with van der Waals surface area (Å²) in [4.78, 5) is 29.8. The predicted octanol–water partition coefficient (Wildman–Crippen LogP) is 3.15. The van der Waals surface area contributed by atoms with Crippen LogP contribution in [-0.2, 0) is 11.3 Å². The second-order valence-corrected chi connectivity index (χ2v) is 9.37. The van der Waals surface area contributed by atoms with Gasteiger partial charge in [-0.2, -0.15) is 0 Å². The maximum atomic E-state index is 12.3. The number of nitro groups is 1. The summed E-state index contributed by atoms with van der Waals surface area (Å²) < 4.78 is 5.49. The fourth-order valence-electron chi connectivity index (χ4n) is 4.33. The average Bonchev–Trinajstić information content (AvgIpc) is 2.73. The first kappa shape index (κ1) is 23.3. The molecule has 0 bridgehead atoms. The van der Waals surface area contributed by atoms with E-state index < -0.39 is 5.60 Å².